The highest BCUT2D eigenvalue weighted by molar-refractivity contribution is 8.00. The molecule has 2 N–H and O–H groups in total. The van der Waals surface area contributed by atoms with Crippen molar-refractivity contribution in [3.63, 3.8) is 0 Å². The van der Waals surface area contributed by atoms with Gasteiger partial charge in [-0.3, -0.25) is 9.59 Å². The lowest BCUT2D eigenvalue weighted by Gasteiger charge is -2.07. The molecule has 2 aromatic carbocycles. The van der Waals surface area contributed by atoms with E-state index in [1.807, 2.05) is 24.5 Å². The van der Waals surface area contributed by atoms with Gasteiger partial charge in [-0.1, -0.05) is 23.4 Å². The Hall–Kier alpha value is -2.09. The maximum Gasteiger partial charge on any atom is 0.251 e. The molecule has 26 heavy (non-hydrogen) atoms. The fourth-order valence-corrected chi connectivity index (χ4v) is 3.94. The smallest absolute Gasteiger partial charge is 0.251 e. The van der Waals surface area contributed by atoms with Crippen LogP contribution < -0.4 is 10.6 Å². The zero-order chi connectivity index (χ0) is 18.5. The quantitative estimate of drug-likeness (QED) is 0.595. The van der Waals surface area contributed by atoms with Crippen LogP contribution in [0.5, 0.6) is 0 Å². The van der Waals surface area contributed by atoms with Gasteiger partial charge in [0.2, 0.25) is 5.91 Å². The average molecular weight is 406 g/mol. The van der Waals surface area contributed by atoms with E-state index in [9.17, 15) is 9.59 Å². The van der Waals surface area contributed by atoms with Gasteiger partial charge in [-0.15, -0.1) is 11.3 Å². The molecule has 3 aromatic rings. The van der Waals surface area contributed by atoms with Crippen LogP contribution in [0.1, 0.15) is 16.8 Å². The van der Waals surface area contributed by atoms with Crippen molar-refractivity contribution >= 4 is 62.4 Å². The first kappa shape index (κ1) is 18.7. The van der Waals surface area contributed by atoms with Crippen molar-refractivity contribution in [3.8, 4) is 0 Å². The van der Waals surface area contributed by atoms with Crippen LogP contribution in [0.3, 0.4) is 0 Å². The first-order valence-corrected chi connectivity index (χ1v) is 10.3. The van der Waals surface area contributed by atoms with Crippen molar-refractivity contribution < 1.29 is 9.59 Å². The molecule has 134 valence electrons. The Morgan fingerprint density at radius 2 is 1.96 bits per heavy atom. The van der Waals surface area contributed by atoms with Crippen LogP contribution in [0.25, 0.3) is 10.2 Å². The SMILES string of the molecule is CSc1nc2ccc(NC(=O)CCNC(=O)c3ccc(Cl)cc3)cc2s1. The number of amides is 2. The molecule has 0 fully saturated rings. The number of carbonyl (C=O) groups is 2. The van der Waals surface area contributed by atoms with Crippen LogP contribution in [0.2, 0.25) is 5.02 Å². The van der Waals surface area contributed by atoms with Crippen molar-refractivity contribution in [3.05, 3.63) is 53.1 Å². The molecule has 8 heteroatoms. The van der Waals surface area contributed by atoms with E-state index in [-0.39, 0.29) is 24.8 Å². The number of thioether (sulfide) groups is 1. The predicted molar refractivity (Wildman–Crippen MR) is 108 cm³/mol. The first-order chi connectivity index (χ1) is 12.5. The van der Waals surface area contributed by atoms with E-state index < -0.39 is 0 Å². The number of hydrogen-bond donors (Lipinski definition) is 2. The number of nitrogens with one attached hydrogen (secondary N) is 2. The lowest BCUT2D eigenvalue weighted by Crippen LogP contribution is -2.27. The topological polar surface area (TPSA) is 71.1 Å². The molecule has 5 nitrogen and oxygen atoms in total. The summed E-state index contributed by atoms with van der Waals surface area (Å²) in [6.07, 6.45) is 2.18. The van der Waals surface area contributed by atoms with E-state index in [0.29, 0.717) is 10.6 Å². The second-order valence-electron chi connectivity index (χ2n) is 5.43. The predicted octanol–water partition coefficient (Wildman–Crippen LogP) is 4.43. The standard InChI is InChI=1S/C18H16ClN3O2S2/c1-25-18-22-14-7-6-13(10-15(14)26-18)21-16(23)8-9-20-17(24)11-2-4-12(19)5-3-11/h2-7,10H,8-9H2,1H3,(H,20,24)(H,21,23). The highest BCUT2D eigenvalue weighted by Gasteiger charge is 2.08. The van der Waals surface area contributed by atoms with Crippen molar-refractivity contribution in [2.75, 3.05) is 18.1 Å². The molecule has 0 aliphatic heterocycles. The van der Waals surface area contributed by atoms with Gasteiger partial charge in [-0.25, -0.2) is 4.98 Å². The summed E-state index contributed by atoms with van der Waals surface area (Å²) in [6.45, 7) is 0.257. The number of rotatable bonds is 6. The molecule has 1 heterocycles. The Morgan fingerprint density at radius 3 is 2.69 bits per heavy atom. The number of nitrogens with zero attached hydrogens (tertiary/aromatic N) is 1. The maximum absolute atomic E-state index is 12.1. The fraction of sp³-hybridized carbons (Fsp3) is 0.167. The third-order valence-electron chi connectivity index (χ3n) is 3.57. The van der Waals surface area contributed by atoms with Gasteiger partial charge in [0.25, 0.3) is 5.91 Å². The summed E-state index contributed by atoms with van der Waals surface area (Å²) in [5.41, 5.74) is 2.16. The minimum atomic E-state index is -0.231. The molecule has 0 saturated heterocycles. The van der Waals surface area contributed by atoms with Crippen LogP contribution in [0.4, 0.5) is 5.69 Å². The number of halogens is 1. The second kappa shape index (κ2) is 8.53. The van der Waals surface area contributed by atoms with Gasteiger partial charge >= 0.3 is 0 Å². The zero-order valence-corrected chi connectivity index (χ0v) is 16.3. The van der Waals surface area contributed by atoms with Crippen molar-refractivity contribution in [2.24, 2.45) is 0 Å². The Morgan fingerprint density at radius 1 is 1.19 bits per heavy atom. The van der Waals surface area contributed by atoms with Crippen molar-refractivity contribution in [1.29, 1.82) is 0 Å². The molecule has 0 aliphatic carbocycles. The van der Waals surface area contributed by atoms with E-state index in [4.69, 9.17) is 11.6 Å². The van der Waals surface area contributed by atoms with Crippen LogP contribution in [0.15, 0.2) is 46.8 Å². The van der Waals surface area contributed by atoms with Crippen LogP contribution >= 0.6 is 34.7 Å². The number of anilines is 1. The third-order valence-corrected chi connectivity index (χ3v) is 5.83. The number of benzene rings is 2. The monoisotopic (exact) mass is 405 g/mol. The van der Waals surface area contributed by atoms with Gasteiger partial charge in [-0.2, -0.15) is 0 Å². The van der Waals surface area contributed by atoms with E-state index >= 15 is 0 Å². The number of hydrogen-bond acceptors (Lipinski definition) is 5. The maximum atomic E-state index is 12.1. The Balaban J connectivity index is 1.50. The lowest BCUT2D eigenvalue weighted by molar-refractivity contribution is -0.116. The summed E-state index contributed by atoms with van der Waals surface area (Å²) in [5.74, 6) is -0.388. The third kappa shape index (κ3) is 4.75. The summed E-state index contributed by atoms with van der Waals surface area (Å²) < 4.78 is 2.02. The molecule has 2 amide bonds. The van der Waals surface area contributed by atoms with Crippen LogP contribution in [-0.4, -0.2) is 29.6 Å². The normalized spacial score (nSPS) is 10.7. The highest BCUT2D eigenvalue weighted by Crippen LogP contribution is 2.29. The lowest BCUT2D eigenvalue weighted by atomic mass is 10.2. The molecular formula is C18H16ClN3O2S2. The molecule has 0 bridgehead atoms. The average Bonchev–Trinajstić information content (AvgIpc) is 3.04. The summed E-state index contributed by atoms with van der Waals surface area (Å²) >= 11 is 8.99. The Bertz CT molecular complexity index is 941. The molecule has 0 atom stereocenters. The van der Waals surface area contributed by atoms with E-state index in [1.165, 1.54) is 0 Å². The minimum absolute atomic E-state index is 0.157. The zero-order valence-electron chi connectivity index (χ0n) is 13.9. The molecule has 0 unspecified atom stereocenters. The number of thiazole rings is 1. The molecule has 3 rings (SSSR count). The van der Waals surface area contributed by atoms with Gasteiger partial charge in [0.15, 0.2) is 4.34 Å². The molecule has 1 aromatic heterocycles. The van der Waals surface area contributed by atoms with Crippen molar-refractivity contribution in [1.82, 2.24) is 10.3 Å². The summed E-state index contributed by atoms with van der Waals surface area (Å²) in [5, 5.41) is 6.14. The molecule has 0 aliphatic rings. The number of aromatic nitrogens is 1. The van der Waals surface area contributed by atoms with Gasteiger partial charge < -0.3 is 10.6 Å². The molecule has 0 radical (unpaired) electrons. The van der Waals surface area contributed by atoms with Gasteiger partial charge in [0, 0.05) is 29.2 Å². The highest BCUT2D eigenvalue weighted by atomic mass is 35.5. The summed E-state index contributed by atoms with van der Waals surface area (Å²) in [4.78, 5) is 28.5. The fourth-order valence-electron chi connectivity index (χ4n) is 2.28. The van der Waals surface area contributed by atoms with Gasteiger partial charge in [-0.05, 0) is 48.7 Å². The number of carbonyl (C=O) groups excluding carboxylic acids is 2. The first-order valence-electron chi connectivity index (χ1n) is 7.83. The Labute approximate surface area is 164 Å². The van der Waals surface area contributed by atoms with E-state index in [1.54, 1.807) is 47.4 Å². The van der Waals surface area contributed by atoms with E-state index in [2.05, 4.69) is 15.6 Å². The molecular weight excluding hydrogens is 390 g/mol. The second-order valence-corrected chi connectivity index (χ2v) is 7.95. The van der Waals surface area contributed by atoms with Crippen molar-refractivity contribution in [2.45, 2.75) is 10.8 Å². The Kier molecular flexibility index (Phi) is 6.13. The number of fused-ring (bicyclic) bond motifs is 1. The molecule has 0 saturated carbocycles. The largest absolute Gasteiger partial charge is 0.352 e. The molecule has 0 spiro atoms. The summed E-state index contributed by atoms with van der Waals surface area (Å²) in [6, 6.07) is 12.2. The minimum Gasteiger partial charge on any atom is -0.352 e. The van der Waals surface area contributed by atoms with E-state index in [0.717, 1.165) is 20.2 Å². The summed E-state index contributed by atoms with van der Waals surface area (Å²) in [7, 11) is 0. The van der Waals surface area contributed by atoms with Gasteiger partial charge in [0.1, 0.15) is 0 Å². The van der Waals surface area contributed by atoms with Crippen LogP contribution in [0, 0.1) is 0 Å². The van der Waals surface area contributed by atoms with Gasteiger partial charge in [0.05, 0.1) is 10.2 Å². The van der Waals surface area contributed by atoms with Crippen LogP contribution in [-0.2, 0) is 4.79 Å².